The van der Waals surface area contributed by atoms with Crippen molar-refractivity contribution in [2.75, 3.05) is 0 Å². The van der Waals surface area contributed by atoms with Gasteiger partial charge in [-0.25, -0.2) is 0 Å². The monoisotopic (exact) mass is 442 g/mol. The van der Waals surface area contributed by atoms with Crippen LogP contribution < -0.4 is 0 Å². The molecule has 4 aromatic rings. The van der Waals surface area contributed by atoms with Gasteiger partial charge in [-0.3, -0.25) is 0 Å². The first-order chi connectivity index (χ1) is 15.8. The summed E-state index contributed by atoms with van der Waals surface area (Å²) >= 11 is 0. The average Bonchev–Trinajstić information content (AvgIpc) is 2.86. The summed E-state index contributed by atoms with van der Waals surface area (Å²) in [5.74, 6) is 0. The van der Waals surface area contributed by atoms with E-state index >= 15 is 0 Å². The lowest BCUT2D eigenvalue weighted by Gasteiger charge is -2.25. The second-order valence-corrected chi connectivity index (χ2v) is 8.52. The number of hydrogen-bond donors (Lipinski definition) is 1. The van der Waals surface area contributed by atoms with Crippen molar-refractivity contribution >= 4 is 8.60 Å². The van der Waals surface area contributed by atoms with E-state index < -0.39 is 8.60 Å². The van der Waals surface area contributed by atoms with Gasteiger partial charge in [0.2, 0.25) is 0 Å². The molecule has 4 heteroatoms. The van der Waals surface area contributed by atoms with Crippen LogP contribution in [0.1, 0.15) is 34.5 Å². The molecule has 1 N–H and O–H groups in total. The molecule has 0 radical (unpaired) electrons. The predicted molar refractivity (Wildman–Crippen MR) is 130 cm³/mol. The minimum absolute atomic E-state index is 0.303. The van der Waals surface area contributed by atoms with Crippen LogP contribution in [0.2, 0.25) is 0 Å². The molecule has 4 rings (SSSR count). The van der Waals surface area contributed by atoms with Crippen molar-refractivity contribution in [2.24, 2.45) is 0 Å². The molecule has 0 spiro atoms. The van der Waals surface area contributed by atoms with Gasteiger partial charge in [0.25, 0.3) is 0 Å². The minimum atomic E-state index is -2.10. The lowest BCUT2D eigenvalue weighted by Crippen LogP contribution is -2.10. The van der Waals surface area contributed by atoms with Crippen molar-refractivity contribution in [3.63, 3.8) is 0 Å². The summed E-state index contributed by atoms with van der Waals surface area (Å²) in [6.07, 6.45) is 0.704. The van der Waals surface area contributed by atoms with Gasteiger partial charge in [0.1, 0.15) is 0 Å². The maximum absolute atomic E-state index is 10.9. The van der Waals surface area contributed by atoms with Crippen molar-refractivity contribution in [3.8, 4) is 0 Å². The zero-order chi connectivity index (χ0) is 22.0. The molecule has 3 nitrogen and oxygen atoms in total. The van der Waals surface area contributed by atoms with E-state index in [2.05, 4.69) is 24.3 Å². The van der Waals surface area contributed by atoms with Gasteiger partial charge < -0.3 is 13.9 Å². The molecular formula is C28H27O3P. The van der Waals surface area contributed by atoms with E-state index in [1.54, 1.807) is 0 Å². The molecule has 0 saturated carbocycles. The van der Waals surface area contributed by atoms with Crippen LogP contribution in [0.3, 0.4) is 0 Å². The van der Waals surface area contributed by atoms with E-state index in [4.69, 9.17) is 9.05 Å². The van der Waals surface area contributed by atoms with Crippen LogP contribution in [0.25, 0.3) is 0 Å². The summed E-state index contributed by atoms with van der Waals surface area (Å²) in [6.45, 7) is 0. The maximum Gasteiger partial charge on any atom is 0.331 e. The normalized spacial score (nSPS) is 13.9. The van der Waals surface area contributed by atoms with Crippen LogP contribution in [0.15, 0.2) is 121 Å². The van der Waals surface area contributed by atoms with Gasteiger partial charge in [-0.05, 0) is 22.3 Å². The number of rotatable bonds is 10. The lowest BCUT2D eigenvalue weighted by atomic mass is 10.0. The van der Waals surface area contributed by atoms with Gasteiger partial charge in [0.15, 0.2) is 0 Å². The highest BCUT2D eigenvalue weighted by Gasteiger charge is 2.24. The first-order valence-corrected chi connectivity index (χ1v) is 11.9. The van der Waals surface area contributed by atoms with Crippen molar-refractivity contribution in [3.05, 3.63) is 144 Å². The average molecular weight is 442 g/mol. The minimum Gasteiger partial charge on any atom is -0.328 e. The first-order valence-electron chi connectivity index (χ1n) is 10.8. The van der Waals surface area contributed by atoms with Gasteiger partial charge in [-0.15, -0.1) is 0 Å². The molecule has 32 heavy (non-hydrogen) atoms. The summed E-state index contributed by atoms with van der Waals surface area (Å²) in [7, 11) is -2.10. The molecule has 0 aliphatic heterocycles. The Labute approximate surface area is 191 Å². The summed E-state index contributed by atoms with van der Waals surface area (Å²) in [5, 5.41) is 0. The molecule has 0 aromatic heterocycles. The highest BCUT2D eigenvalue weighted by molar-refractivity contribution is 7.40. The standard InChI is InChI=1S/C28H27O3P/c29-32(30-27(25-17-9-3-10-18-25)21-23-13-5-1-6-14-23)31-28(26-19-11-4-12-20-26)22-24-15-7-2-8-16-24/h1-20,27-29H,21-22H2. The fraction of sp³-hybridized carbons (Fsp3) is 0.143. The van der Waals surface area contributed by atoms with Crippen LogP contribution in [0.4, 0.5) is 0 Å². The summed E-state index contributed by atoms with van der Waals surface area (Å²) in [4.78, 5) is 10.9. The van der Waals surface area contributed by atoms with E-state index in [1.807, 2.05) is 97.1 Å². The molecule has 0 aliphatic rings. The smallest absolute Gasteiger partial charge is 0.328 e. The van der Waals surface area contributed by atoms with Gasteiger partial charge in [-0.1, -0.05) is 121 Å². The Kier molecular flexibility index (Phi) is 8.19. The van der Waals surface area contributed by atoms with Crippen LogP contribution in [0, 0.1) is 0 Å². The molecule has 0 bridgehead atoms. The molecule has 4 aromatic carbocycles. The Morgan fingerprint density at radius 3 is 1.16 bits per heavy atom. The molecule has 2 atom stereocenters. The van der Waals surface area contributed by atoms with Crippen molar-refractivity contribution in [1.29, 1.82) is 0 Å². The van der Waals surface area contributed by atoms with Crippen molar-refractivity contribution in [2.45, 2.75) is 25.0 Å². The molecule has 0 aliphatic carbocycles. The van der Waals surface area contributed by atoms with Gasteiger partial charge in [0, 0.05) is 12.8 Å². The van der Waals surface area contributed by atoms with Crippen LogP contribution in [0.5, 0.6) is 0 Å². The summed E-state index contributed by atoms with van der Waals surface area (Å²) in [5.41, 5.74) is 4.32. The van der Waals surface area contributed by atoms with Gasteiger partial charge in [0.05, 0.1) is 12.2 Å². The molecular weight excluding hydrogens is 415 g/mol. The Morgan fingerprint density at radius 1 is 0.500 bits per heavy atom. The van der Waals surface area contributed by atoms with E-state index in [1.165, 1.54) is 0 Å². The number of benzene rings is 4. The van der Waals surface area contributed by atoms with Gasteiger partial charge >= 0.3 is 8.60 Å². The van der Waals surface area contributed by atoms with Crippen LogP contribution in [-0.2, 0) is 21.9 Å². The van der Waals surface area contributed by atoms with Crippen LogP contribution in [-0.4, -0.2) is 4.89 Å². The molecule has 0 saturated heterocycles. The largest absolute Gasteiger partial charge is 0.331 e. The van der Waals surface area contributed by atoms with Crippen molar-refractivity contribution < 1.29 is 13.9 Å². The Hall–Kier alpha value is -2.81. The SMILES string of the molecule is OP(OC(Cc1ccccc1)c1ccccc1)OC(Cc1ccccc1)c1ccccc1. The molecule has 0 amide bonds. The molecule has 0 heterocycles. The van der Waals surface area contributed by atoms with Gasteiger partial charge in [-0.2, -0.15) is 0 Å². The third-order valence-electron chi connectivity index (χ3n) is 5.31. The van der Waals surface area contributed by atoms with E-state index in [0.717, 1.165) is 22.3 Å². The van der Waals surface area contributed by atoms with E-state index in [9.17, 15) is 4.89 Å². The fourth-order valence-corrected chi connectivity index (χ4v) is 4.54. The topological polar surface area (TPSA) is 38.7 Å². The van der Waals surface area contributed by atoms with E-state index in [0.29, 0.717) is 12.8 Å². The second kappa shape index (κ2) is 11.7. The Morgan fingerprint density at radius 2 is 0.812 bits per heavy atom. The van der Waals surface area contributed by atoms with E-state index in [-0.39, 0.29) is 12.2 Å². The van der Waals surface area contributed by atoms with Crippen LogP contribution >= 0.6 is 8.60 Å². The molecule has 162 valence electrons. The summed E-state index contributed by atoms with van der Waals surface area (Å²) < 4.78 is 12.3. The predicted octanol–water partition coefficient (Wildman–Crippen LogP) is 7.21. The van der Waals surface area contributed by atoms with Crippen molar-refractivity contribution in [1.82, 2.24) is 0 Å². The summed E-state index contributed by atoms with van der Waals surface area (Å²) in [6, 6.07) is 40.3. The highest BCUT2D eigenvalue weighted by Crippen LogP contribution is 2.45. The third kappa shape index (κ3) is 6.59. The maximum atomic E-state index is 10.9. The zero-order valence-electron chi connectivity index (χ0n) is 17.8. The Bertz CT molecular complexity index is 956. The highest BCUT2D eigenvalue weighted by atomic mass is 31.2. The fourth-order valence-electron chi connectivity index (χ4n) is 3.67. The third-order valence-corrected chi connectivity index (χ3v) is 6.18. The molecule has 2 unspecified atom stereocenters. The number of hydrogen-bond acceptors (Lipinski definition) is 3. The lowest BCUT2D eigenvalue weighted by molar-refractivity contribution is 0.110. The quantitative estimate of drug-likeness (QED) is 0.264. The Balaban J connectivity index is 1.51. The second-order valence-electron chi connectivity index (χ2n) is 7.63. The molecule has 0 fully saturated rings. The first kappa shape index (κ1) is 22.4. The zero-order valence-corrected chi connectivity index (χ0v) is 18.7.